The quantitative estimate of drug-likeness (QED) is 0.860. The Bertz CT molecular complexity index is 353. The Hall–Kier alpha value is -0.340. The maximum absolute atomic E-state index is 9.79. The van der Waals surface area contributed by atoms with Gasteiger partial charge in [-0.15, -0.1) is 0 Å². The molecule has 0 saturated heterocycles. The van der Waals surface area contributed by atoms with E-state index in [0.717, 1.165) is 17.3 Å². The highest BCUT2D eigenvalue weighted by molar-refractivity contribution is 9.10. The molecule has 0 aromatic heterocycles. The monoisotopic (exact) mass is 254 g/mol. The molecule has 0 amide bonds. The Morgan fingerprint density at radius 1 is 1.43 bits per heavy atom. The van der Waals surface area contributed by atoms with Crippen molar-refractivity contribution in [3.63, 3.8) is 0 Å². The van der Waals surface area contributed by atoms with E-state index in [1.165, 1.54) is 11.1 Å². The number of aliphatic hydroxyl groups is 1. The number of aryl methyl sites for hydroxylation is 1. The highest BCUT2D eigenvalue weighted by Gasteiger charge is 2.49. The van der Waals surface area contributed by atoms with Crippen LogP contribution in [0.5, 0.6) is 0 Å². The number of halogens is 1. The molecular formula is C12H15BrO. The van der Waals surface area contributed by atoms with Crippen molar-refractivity contribution in [2.75, 3.05) is 0 Å². The third kappa shape index (κ3) is 1.51. The van der Waals surface area contributed by atoms with Crippen LogP contribution >= 0.6 is 15.9 Å². The molecule has 1 aliphatic rings. The second-order valence-electron chi connectivity index (χ2n) is 4.32. The number of hydrogen-bond donors (Lipinski definition) is 1. The van der Waals surface area contributed by atoms with Gasteiger partial charge in [0.15, 0.2) is 0 Å². The molecule has 1 aromatic rings. The smallest absolute Gasteiger partial charge is 0.0609 e. The van der Waals surface area contributed by atoms with Gasteiger partial charge in [-0.05, 0) is 38.3 Å². The topological polar surface area (TPSA) is 20.2 Å². The summed E-state index contributed by atoms with van der Waals surface area (Å²) in [6, 6.07) is 6.35. The van der Waals surface area contributed by atoms with Gasteiger partial charge in [0.1, 0.15) is 0 Å². The SMILES string of the molecule is Cc1ccc(Br)c(C2(C(C)O)CC2)c1. The fourth-order valence-electron chi connectivity index (χ4n) is 2.07. The lowest BCUT2D eigenvalue weighted by atomic mass is 9.90. The Labute approximate surface area is 93.3 Å². The van der Waals surface area contributed by atoms with Crippen LogP contribution < -0.4 is 0 Å². The van der Waals surface area contributed by atoms with Crippen molar-refractivity contribution in [1.29, 1.82) is 0 Å². The second-order valence-corrected chi connectivity index (χ2v) is 5.17. The lowest BCUT2D eigenvalue weighted by molar-refractivity contribution is 0.150. The molecule has 0 spiro atoms. The van der Waals surface area contributed by atoms with Gasteiger partial charge in [0.2, 0.25) is 0 Å². The maximum Gasteiger partial charge on any atom is 0.0609 e. The van der Waals surface area contributed by atoms with Crippen molar-refractivity contribution in [3.8, 4) is 0 Å². The first kappa shape index (κ1) is 10.2. The molecule has 0 bridgehead atoms. The first-order valence-electron chi connectivity index (χ1n) is 5.01. The summed E-state index contributed by atoms with van der Waals surface area (Å²) in [5.41, 5.74) is 2.56. The molecule has 2 heteroatoms. The van der Waals surface area contributed by atoms with E-state index in [1.807, 2.05) is 6.92 Å². The summed E-state index contributed by atoms with van der Waals surface area (Å²) in [5.74, 6) is 0. The van der Waals surface area contributed by atoms with Crippen LogP contribution in [0, 0.1) is 6.92 Å². The minimum absolute atomic E-state index is 0.0326. The standard InChI is InChI=1S/C12H15BrO/c1-8-3-4-11(13)10(7-8)12(5-6-12)9(2)14/h3-4,7,9,14H,5-6H2,1-2H3. The zero-order chi connectivity index (χ0) is 10.3. The van der Waals surface area contributed by atoms with Crippen molar-refractivity contribution in [1.82, 2.24) is 0 Å². The van der Waals surface area contributed by atoms with E-state index in [9.17, 15) is 5.11 Å². The molecule has 0 radical (unpaired) electrons. The van der Waals surface area contributed by atoms with Gasteiger partial charge in [0.25, 0.3) is 0 Å². The van der Waals surface area contributed by atoms with E-state index in [1.54, 1.807) is 0 Å². The summed E-state index contributed by atoms with van der Waals surface area (Å²) in [4.78, 5) is 0. The lowest BCUT2D eigenvalue weighted by Gasteiger charge is -2.21. The van der Waals surface area contributed by atoms with Crippen molar-refractivity contribution in [2.24, 2.45) is 0 Å². The predicted molar refractivity (Wildman–Crippen MR) is 61.5 cm³/mol. The average molecular weight is 255 g/mol. The van der Waals surface area contributed by atoms with Crippen molar-refractivity contribution >= 4 is 15.9 Å². The molecule has 1 aromatic carbocycles. The van der Waals surface area contributed by atoms with Crippen molar-refractivity contribution in [3.05, 3.63) is 33.8 Å². The molecule has 1 unspecified atom stereocenters. The summed E-state index contributed by atoms with van der Waals surface area (Å²) in [5, 5.41) is 9.79. The molecule has 1 saturated carbocycles. The van der Waals surface area contributed by atoms with E-state index in [2.05, 4.69) is 41.1 Å². The number of benzene rings is 1. The van der Waals surface area contributed by atoms with Crippen LogP contribution in [0.2, 0.25) is 0 Å². The van der Waals surface area contributed by atoms with Gasteiger partial charge in [-0.25, -0.2) is 0 Å². The van der Waals surface area contributed by atoms with Gasteiger partial charge in [-0.1, -0.05) is 33.6 Å². The molecule has 0 heterocycles. The van der Waals surface area contributed by atoms with Crippen molar-refractivity contribution in [2.45, 2.75) is 38.2 Å². The zero-order valence-corrected chi connectivity index (χ0v) is 10.1. The largest absolute Gasteiger partial charge is 0.392 e. The highest BCUT2D eigenvalue weighted by Crippen LogP contribution is 2.53. The third-order valence-corrected chi connectivity index (χ3v) is 3.94. The second kappa shape index (κ2) is 3.35. The van der Waals surface area contributed by atoms with Crippen LogP contribution in [0.4, 0.5) is 0 Å². The van der Waals surface area contributed by atoms with Gasteiger partial charge < -0.3 is 5.11 Å². The van der Waals surface area contributed by atoms with Gasteiger partial charge in [-0.2, -0.15) is 0 Å². The van der Waals surface area contributed by atoms with E-state index in [-0.39, 0.29) is 11.5 Å². The number of aliphatic hydroxyl groups excluding tert-OH is 1. The lowest BCUT2D eigenvalue weighted by Crippen LogP contribution is -2.23. The van der Waals surface area contributed by atoms with E-state index < -0.39 is 0 Å². The molecule has 1 atom stereocenters. The summed E-state index contributed by atoms with van der Waals surface area (Å²) in [6.07, 6.45) is 1.96. The van der Waals surface area contributed by atoms with Crippen LogP contribution in [-0.2, 0) is 5.41 Å². The molecule has 76 valence electrons. The Balaban J connectivity index is 2.46. The number of rotatable bonds is 2. The van der Waals surface area contributed by atoms with E-state index >= 15 is 0 Å². The Morgan fingerprint density at radius 2 is 2.07 bits per heavy atom. The Morgan fingerprint density at radius 3 is 2.57 bits per heavy atom. The maximum atomic E-state index is 9.79. The van der Waals surface area contributed by atoms with Crippen LogP contribution in [0.25, 0.3) is 0 Å². The molecular weight excluding hydrogens is 240 g/mol. The molecule has 1 N–H and O–H groups in total. The summed E-state index contributed by atoms with van der Waals surface area (Å²) in [6.45, 7) is 3.98. The van der Waals surface area contributed by atoms with Crippen LogP contribution in [0.15, 0.2) is 22.7 Å². The van der Waals surface area contributed by atoms with Gasteiger partial charge in [0, 0.05) is 9.89 Å². The number of hydrogen-bond acceptors (Lipinski definition) is 1. The van der Waals surface area contributed by atoms with Crippen molar-refractivity contribution < 1.29 is 5.11 Å². The van der Waals surface area contributed by atoms with Gasteiger partial charge in [0.05, 0.1) is 6.10 Å². The summed E-state index contributed by atoms with van der Waals surface area (Å²) in [7, 11) is 0. The Kier molecular flexibility index (Phi) is 2.44. The fourth-order valence-corrected chi connectivity index (χ4v) is 2.71. The average Bonchev–Trinajstić information content (AvgIpc) is 2.90. The van der Waals surface area contributed by atoms with E-state index in [0.29, 0.717) is 0 Å². The molecule has 1 nitrogen and oxygen atoms in total. The normalized spacial score (nSPS) is 20.6. The minimum Gasteiger partial charge on any atom is -0.392 e. The zero-order valence-electron chi connectivity index (χ0n) is 8.55. The summed E-state index contributed by atoms with van der Waals surface area (Å²) >= 11 is 3.56. The predicted octanol–water partition coefficient (Wildman–Crippen LogP) is 3.17. The van der Waals surface area contributed by atoms with E-state index in [4.69, 9.17) is 0 Å². The van der Waals surface area contributed by atoms with Crippen LogP contribution in [-0.4, -0.2) is 11.2 Å². The summed E-state index contributed by atoms with van der Waals surface area (Å²) < 4.78 is 1.13. The molecule has 2 rings (SSSR count). The van der Waals surface area contributed by atoms with Gasteiger partial charge >= 0.3 is 0 Å². The highest BCUT2D eigenvalue weighted by atomic mass is 79.9. The molecule has 1 aliphatic carbocycles. The van der Waals surface area contributed by atoms with Crippen LogP contribution in [0.1, 0.15) is 30.9 Å². The minimum atomic E-state index is -0.249. The molecule has 14 heavy (non-hydrogen) atoms. The first-order valence-corrected chi connectivity index (χ1v) is 5.80. The first-order chi connectivity index (χ1) is 6.56. The fraction of sp³-hybridized carbons (Fsp3) is 0.500. The molecule has 1 fully saturated rings. The third-order valence-electron chi connectivity index (χ3n) is 3.25. The van der Waals surface area contributed by atoms with Gasteiger partial charge in [-0.3, -0.25) is 0 Å². The molecule has 0 aliphatic heterocycles. The van der Waals surface area contributed by atoms with Crippen LogP contribution in [0.3, 0.4) is 0 Å².